The standard InChI is InChI=1S/C12H17NO3/c1-3-12(16)13(2)7-6-9-4-5-10(14)11(15)8-9/h4-5,8,14-15H,3,6-7H2,1-2H3. The molecule has 0 aliphatic heterocycles. The van der Waals surface area contributed by atoms with Crippen molar-refractivity contribution in [2.75, 3.05) is 13.6 Å². The second-order valence-corrected chi connectivity index (χ2v) is 3.74. The van der Waals surface area contributed by atoms with Gasteiger partial charge in [0.05, 0.1) is 0 Å². The Hall–Kier alpha value is -1.71. The highest BCUT2D eigenvalue weighted by Gasteiger charge is 2.06. The number of likely N-dealkylation sites (N-methyl/N-ethyl adjacent to an activating group) is 1. The van der Waals surface area contributed by atoms with E-state index in [0.717, 1.165) is 5.56 Å². The van der Waals surface area contributed by atoms with E-state index in [1.54, 1.807) is 18.0 Å². The molecule has 4 heteroatoms. The highest BCUT2D eigenvalue weighted by Crippen LogP contribution is 2.24. The van der Waals surface area contributed by atoms with Gasteiger partial charge in [-0.05, 0) is 24.1 Å². The van der Waals surface area contributed by atoms with Crippen LogP contribution in [0.1, 0.15) is 18.9 Å². The molecule has 0 radical (unpaired) electrons. The summed E-state index contributed by atoms with van der Waals surface area (Å²) < 4.78 is 0. The topological polar surface area (TPSA) is 60.8 Å². The fourth-order valence-corrected chi connectivity index (χ4v) is 1.42. The van der Waals surface area contributed by atoms with Gasteiger partial charge in [0.15, 0.2) is 11.5 Å². The number of rotatable bonds is 4. The Balaban J connectivity index is 2.55. The molecular formula is C12H17NO3. The smallest absolute Gasteiger partial charge is 0.222 e. The van der Waals surface area contributed by atoms with Crippen LogP contribution in [-0.4, -0.2) is 34.6 Å². The Bertz CT molecular complexity index is 377. The summed E-state index contributed by atoms with van der Waals surface area (Å²) in [5, 5.41) is 18.4. The number of phenols is 2. The molecule has 1 aromatic carbocycles. The van der Waals surface area contributed by atoms with Crippen molar-refractivity contribution in [3.63, 3.8) is 0 Å². The average Bonchev–Trinajstić information content (AvgIpc) is 2.29. The Kier molecular flexibility index (Phi) is 4.17. The summed E-state index contributed by atoms with van der Waals surface area (Å²) in [6.07, 6.45) is 1.16. The zero-order valence-corrected chi connectivity index (χ0v) is 9.60. The number of amides is 1. The van der Waals surface area contributed by atoms with Gasteiger partial charge in [-0.2, -0.15) is 0 Å². The molecule has 4 nitrogen and oxygen atoms in total. The second kappa shape index (κ2) is 5.39. The predicted octanol–water partition coefficient (Wildman–Crippen LogP) is 1.51. The summed E-state index contributed by atoms with van der Waals surface area (Å²) >= 11 is 0. The van der Waals surface area contributed by atoms with Crippen LogP contribution in [0.3, 0.4) is 0 Å². The second-order valence-electron chi connectivity index (χ2n) is 3.74. The van der Waals surface area contributed by atoms with Gasteiger partial charge in [-0.1, -0.05) is 13.0 Å². The number of hydrogen-bond donors (Lipinski definition) is 2. The summed E-state index contributed by atoms with van der Waals surface area (Å²) in [5.74, 6) is -0.147. The molecule has 1 rings (SSSR count). The zero-order valence-electron chi connectivity index (χ0n) is 9.60. The number of carbonyl (C=O) groups excluding carboxylic acids is 1. The van der Waals surface area contributed by atoms with Gasteiger partial charge in [0.25, 0.3) is 0 Å². The maximum atomic E-state index is 11.3. The fraction of sp³-hybridized carbons (Fsp3) is 0.417. The molecule has 0 fully saturated rings. The highest BCUT2D eigenvalue weighted by molar-refractivity contribution is 5.75. The van der Waals surface area contributed by atoms with Crippen molar-refractivity contribution >= 4 is 5.91 Å². The minimum absolute atomic E-state index is 0.100. The van der Waals surface area contributed by atoms with Crippen LogP contribution in [0.5, 0.6) is 11.5 Å². The Morgan fingerprint density at radius 1 is 1.31 bits per heavy atom. The third-order valence-corrected chi connectivity index (χ3v) is 2.50. The molecular weight excluding hydrogens is 206 g/mol. The monoisotopic (exact) mass is 223 g/mol. The fourth-order valence-electron chi connectivity index (χ4n) is 1.42. The molecule has 0 unspecified atom stereocenters. The summed E-state index contributed by atoms with van der Waals surface area (Å²) in [5.41, 5.74) is 0.894. The van der Waals surface area contributed by atoms with E-state index in [2.05, 4.69) is 0 Å². The van der Waals surface area contributed by atoms with Crippen molar-refractivity contribution in [1.29, 1.82) is 0 Å². The Labute approximate surface area is 95.1 Å². The Morgan fingerprint density at radius 2 is 2.00 bits per heavy atom. The molecule has 0 saturated heterocycles. The molecule has 16 heavy (non-hydrogen) atoms. The molecule has 0 heterocycles. The number of hydrogen-bond acceptors (Lipinski definition) is 3. The van der Waals surface area contributed by atoms with Crippen LogP contribution >= 0.6 is 0 Å². The summed E-state index contributed by atoms with van der Waals surface area (Å²) in [7, 11) is 1.76. The first-order chi connectivity index (χ1) is 7.54. The predicted molar refractivity (Wildman–Crippen MR) is 61.4 cm³/mol. The van der Waals surface area contributed by atoms with Gasteiger partial charge in [-0.3, -0.25) is 4.79 Å². The summed E-state index contributed by atoms with van der Waals surface area (Å²) in [6, 6.07) is 4.70. The van der Waals surface area contributed by atoms with Crippen LogP contribution in [0.15, 0.2) is 18.2 Å². The van der Waals surface area contributed by atoms with E-state index in [1.165, 1.54) is 12.1 Å². The van der Waals surface area contributed by atoms with Gasteiger partial charge in [-0.15, -0.1) is 0 Å². The quantitative estimate of drug-likeness (QED) is 0.760. The largest absolute Gasteiger partial charge is 0.504 e. The normalized spacial score (nSPS) is 10.1. The van der Waals surface area contributed by atoms with Crippen LogP contribution in [-0.2, 0) is 11.2 Å². The maximum absolute atomic E-state index is 11.3. The van der Waals surface area contributed by atoms with Gasteiger partial charge >= 0.3 is 0 Å². The molecule has 0 saturated carbocycles. The molecule has 1 aromatic rings. The first-order valence-corrected chi connectivity index (χ1v) is 5.29. The van der Waals surface area contributed by atoms with Gasteiger partial charge in [0.2, 0.25) is 5.91 Å². The molecule has 0 atom stereocenters. The van der Waals surface area contributed by atoms with Crippen molar-refractivity contribution in [3.05, 3.63) is 23.8 Å². The van der Waals surface area contributed by atoms with E-state index in [1.807, 2.05) is 6.92 Å². The van der Waals surface area contributed by atoms with Crippen molar-refractivity contribution in [1.82, 2.24) is 4.90 Å². The Morgan fingerprint density at radius 3 is 2.56 bits per heavy atom. The maximum Gasteiger partial charge on any atom is 0.222 e. The number of phenolic OH excluding ortho intramolecular Hbond substituents is 2. The first kappa shape index (κ1) is 12.4. The third kappa shape index (κ3) is 3.15. The number of benzene rings is 1. The SMILES string of the molecule is CCC(=O)N(C)CCc1ccc(O)c(O)c1. The zero-order chi connectivity index (χ0) is 12.1. The lowest BCUT2D eigenvalue weighted by Crippen LogP contribution is -2.27. The van der Waals surface area contributed by atoms with Crippen molar-refractivity contribution in [3.8, 4) is 11.5 Å². The minimum Gasteiger partial charge on any atom is -0.504 e. The van der Waals surface area contributed by atoms with Gasteiger partial charge in [-0.25, -0.2) is 0 Å². The van der Waals surface area contributed by atoms with E-state index in [9.17, 15) is 9.90 Å². The number of carbonyl (C=O) groups is 1. The first-order valence-electron chi connectivity index (χ1n) is 5.29. The average molecular weight is 223 g/mol. The van der Waals surface area contributed by atoms with E-state index < -0.39 is 0 Å². The molecule has 0 aliphatic rings. The summed E-state index contributed by atoms with van der Waals surface area (Å²) in [6.45, 7) is 2.43. The lowest BCUT2D eigenvalue weighted by Gasteiger charge is -2.16. The lowest BCUT2D eigenvalue weighted by molar-refractivity contribution is -0.129. The number of nitrogens with zero attached hydrogens (tertiary/aromatic N) is 1. The van der Waals surface area contributed by atoms with Gasteiger partial charge in [0.1, 0.15) is 0 Å². The van der Waals surface area contributed by atoms with Crippen molar-refractivity contribution < 1.29 is 15.0 Å². The van der Waals surface area contributed by atoms with Crippen LogP contribution in [0.4, 0.5) is 0 Å². The number of aromatic hydroxyl groups is 2. The molecule has 0 aliphatic carbocycles. The van der Waals surface area contributed by atoms with E-state index in [0.29, 0.717) is 19.4 Å². The lowest BCUT2D eigenvalue weighted by atomic mass is 10.1. The molecule has 1 amide bonds. The van der Waals surface area contributed by atoms with Crippen molar-refractivity contribution in [2.45, 2.75) is 19.8 Å². The van der Waals surface area contributed by atoms with Crippen LogP contribution in [0.2, 0.25) is 0 Å². The van der Waals surface area contributed by atoms with Gasteiger partial charge in [0, 0.05) is 20.0 Å². The molecule has 0 bridgehead atoms. The molecule has 0 spiro atoms. The highest BCUT2D eigenvalue weighted by atomic mass is 16.3. The minimum atomic E-state index is -0.123. The van der Waals surface area contributed by atoms with E-state index in [4.69, 9.17) is 5.11 Å². The molecule has 2 N–H and O–H groups in total. The van der Waals surface area contributed by atoms with Crippen LogP contribution in [0, 0.1) is 0 Å². The van der Waals surface area contributed by atoms with E-state index >= 15 is 0 Å². The van der Waals surface area contributed by atoms with Crippen LogP contribution in [0.25, 0.3) is 0 Å². The molecule has 88 valence electrons. The molecule has 0 aromatic heterocycles. The van der Waals surface area contributed by atoms with E-state index in [-0.39, 0.29) is 17.4 Å². The van der Waals surface area contributed by atoms with Gasteiger partial charge < -0.3 is 15.1 Å². The summed E-state index contributed by atoms with van der Waals surface area (Å²) in [4.78, 5) is 12.9. The van der Waals surface area contributed by atoms with Crippen molar-refractivity contribution in [2.24, 2.45) is 0 Å². The third-order valence-electron chi connectivity index (χ3n) is 2.50. The van der Waals surface area contributed by atoms with Crippen LogP contribution < -0.4 is 0 Å².